The third-order valence-electron chi connectivity index (χ3n) is 4.33. The fraction of sp³-hybridized carbons (Fsp3) is 0.263. The Morgan fingerprint density at radius 1 is 1.16 bits per heavy atom. The van der Waals surface area contributed by atoms with E-state index in [2.05, 4.69) is 10.6 Å². The van der Waals surface area contributed by atoms with Gasteiger partial charge in [0.1, 0.15) is 19.0 Å². The van der Waals surface area contributed by atoms with Crippen molar-refractivity contribution in [2.45, 2.75) is 13.0 Å². The van der Waals surface area contributed by atoms with Gasteiger partial charge in [-0.2, -0.15) is 5.26 Å². The molecule has 0 aliphatic carbocycles. The number of nitrogens with zero attached hydrogens (tertiary/aromatic N) is 3. The molecule has 0 atom stereocenters. The average molecular weight is 334 g/mol. The molecule has 0 saturated heterocycles. The van der Waals surface area contributed by atoms with Crippen LogP contribution in [0.3, 0.4) is 0 Å². The van der Waals surface area contributed by atoms with E-state index in [9.17, 15) is 5.26 Å². The van der Waals surface area contributed by atoms with Gasteiger partial charge in [0.2, 0.25) is 0 Å². The maximum absolute atomic E-state index is 9.36. The first-order valence-corrected chi connectivity index (χ1v) is 8.27. The van der Waals surface area contributed by atoms with Crippen LogP contribution < -0.4 is 15.2 Å². The lowest BCUT2D eigenvalue weighted by atomic mass is 10.1. The molecule has 1 aromatic heterocycles. The first kappa shape index (κ1) is 15.5. The van der Waals surface area contributed by atoms with Crippen LogP contribution in [0.15, 0.2) is 36.4 Å². The molecule has 0 bridgehead atoms. The zero-order valence-corrected chi connectivity index (χ0v) is 13.7. The first-order valence-electron chi connectivity index (χ1n) is 8.27. The SMILES string of the molecule is N#Cc1ccccc1Cn1c(CCN)nc2cc3c(cc21)OCCO3. The van der Waals surface area contributed by atoms with Crippen molar-refractivity contribution >= 4 is 11.0 Å². The van der Waals surface area contributed by atoms with Gasteiger partial charge in [-0.05, 0) is 18.2 Å². The van der Waals surface area contributed by atoms with Crippen molar-refractivity contribution in [3.05, 3.63) is 53.3 Å². The number of nitriles is 1. The van der Waals surface area contributed by atoms with Gasteiger partial charge < -0.3 is 19.8 Å². The predicted molar refractivity (Wildman–Crippen MR) is 93.7 cm³/mol. The second kappa shape index (κ2) is 6.46. The molecule has 0 spiro atoms. The molecule has 0 unspecified atom stereocenters. The number of fused-ring (bicyclic) bond motifs is 2. The molecule has 4 rings (SSSR count). The standard InChI is InChI=1S/C19H18N4O2/c20-6-5-19-22-15-9-17-18(25-8-7-24-17)10-16(15)23(19)12-14-4-2-1-3-13(14)11-21/h1-4,9-10H,5-8,12,20H2. The predicted octanol–water partition coefficient (Wildman–Crippen LogP) is 2.23. The molecule has 0 radical (unpaired) electrons. The van der Waals surface area contributed by atoms with E-state index in [-0.39, 0.29) is 0 Å². The molecule has 1 aliphatic rings. The van der Waals surface area contributed by atoms with Crippen LogP contribution in [0.4, 0.5) is 0 Å². The van der Waals surface area contributed by atoms with Crippen molar-refractivity contribution in [2.24, 2.45) is 5.73 Å². The van der Waals surface area contributed by atoms with Gasteiger partial charge >= 0.3 is 0 Å². The lowest BCUT2D eigenvalue weighted by Crippen LogP contribution is -2.15. The Balaban J connectivity index is 1.85. The number of rotatable bonds is 4. The summed E-state index contributed by atoms with van der Waals surface area (Å²) in [7, 11) is 0. The summed E-state index contributed by atoms with van der Waals surface area (Å²) in [5, 5.41) is 9.36. The third-order valence-corrected chi connectivity index (χ3v) is 4.33. The van der Waals surface area contributed by atoms with Crippen LogP contribution in [-0.4, -0.2) is 29.3 Å². The molecule has 0 saturated carbocycles. The van der Waals surface area contributed by atoms with E-state index >= 15 is 0 Å². The average Bonchev–Trinajstić information content (AvgIpc) is 2.97. The van der Waals surface area contributed by atoms with Gasteiger partial charge in [0.25, 0.3) is 0 Å². The van der Waals surface area contributed by atoms with E-state index in [0.717, 1.165) is 33.9 Å². The van der Waals surface area contributed by atoms with Gasteiger partial charge in [-0.3, -0.25) is 0 Å². The summed E-state index contributed by atoms with van der Waals surface area (Å²) >= 11 is 0. The molecule has 25 heavy (non-hydrogen) atoms. The topological polar surface area (TPSA) is 86.1 Å². The molecule has 3 aromatic rings. The molecule has 126 valence electrons. The molecule has 0 amide bonds. The lowest BCUT2D eigenvalue weighted by Gasteiger charge is -2.18. The second-order valence-corrected chi connectivity index (χ2v) is 5.91. The number of hydrogen-bond donors (Lipinski definition) is 1. The minimum absolute atomic E-state index is 0.510. The molecular formula is C19H18N4O2. The minimum atomic E-state index is 0.510. The summed E-state index contributed by atoms with van der Waals surface area (Å²) in [5.74, 6) is 2.35. The Kier molecular flexibility index (Phi) is 4.00. The van der Waals surface area contributed by atoms with E-state index in [1.807, 2.05) is 36.4 Å². The van der Waals surface area contributed by atoms with Crippen molar-refractivity contribution < 1.29 is 9.47 Å². The fourth-order valence-corrected chi connectivity index (χ4v) is 3.15. The van der Waals surface area contributed by atoms with E-state index in [1.165, 1.54) is 0 Å². The Hall–Kier alpha value is -3.04. The highest BCUT2D eigenvalue weighted by Gasteiger charge is 2.18. The molecule has 2 N–H and O–H groups in total. The molecular weight excluding hydrogens is 316 g/mol. The third kappa shape index (κ3) is 2.79. The molecule has 2 heterocycles. The highest BCUT2D eigenvalue weighted by molar-refractivity contribution is 5.81. The second-order valence-electron chi connectivity index (χ2n) is 5.91. The van der Waals surface area contributed by atoms with Crippen LogP contribution in [0.5, 0.6) is 11.5 Å². The van der Waals surface area contributed by atoms with Gasteiger partial charge in [-0.25, -0.2) is 4.98 Å². The van der Waals surface area contributed by atoms with Gasteiger partial charge in [0.05, 0.1) is 29.2 Å². The van der Waals surface area contributed by atoms with E-state index in [0.29, 0.717) is 38.3 Å². The normalized spacial score (nSPS) is 13.0. The van der Waals surface area contributed by atoms with Gasteiger partial charge in [0, 0.05) is 18.6 Å². The number of benzene rings is 2. The maximum Gasteiger partial charge on any atom is 0.163 e. The first-order chi connectivity index (χ1) is 12.3. The highest BCUT2D eigenvalue weighted by atomic mass is 16.6. The number of imidazole rings is 1. The summed E-state index contributed by atoms with van der Waals surface area (Å²) in [5.41, 5.74) is 9.20. The molecule has 6 nitrogen and oxygen atoms in total. The van der Waals surface area contributed by atoms with Crippen LogP contribution in [-0.2, 0) is 13.0 Å². The number of aromatic nitrogens is 2. The quantitative estimate of drug-likeness (QED) is 0.791. The van der Waals surface area contributed by atoms with Crippen molar-refractivity contribution in [3.8, 4) is 17.6 Å². The largest absolute Gasteiger partial charge is 0.486 e. The highest BCUT2D eigenvalue weighted by Crippen LogP contribution is 2.35. The van der Waals surface area contributed by atoms with Crippen LogP contribution in [0.2, 0.25) is 0 Å². The zero-order valence-electron chi connectivity index (χ0n) is 13.7. The smallest absolute Gasteiger partial charge is 0.163 e. The molecule has 6 heteroatoms. The van der Waals surface area contributed by atoms with Crippen LogP contribution in [0, 0.1) is 11.3 Å². The number of hydrogen-bond acceptors (Lipinski definition) is 5. The fourth-order valence-electron chi connectivity index (χ4n) is 3.15. The van der Waals surface area contributed by atoms with E-state index in [4.69, 9.17) is 20.2 Å². The molecule has 0 fully saturated rings. The monoisotopic (exact) mass is 334 g/mol. The van der Waals surface area contributed by atoms with Crippen LogP contribution >= 0.6 is 0 Å². The zero-order chi connectivity index (χ0) is 17.2. The van der Waals surface area contributed by atoms with Crippen molar-refractivity contribution in [1.29, 1.82) is 5.26 Å². The maximum atomic E-state index is 9.36. The number of ether oxygens (including phenoxy) is 2. The summed E-state index contributed by atoms with van der Waals surface area (Å²) < 4.78 is 13.5. The van der Waals surface area contributed by atoms with Crippen LogP contribution in [0.1, 0.15) is 17.0 Å². The molecule has 2 aromatic carbocycles. The van der Waals surface area contributed by atoms with E-state index < -0.39 is 0 Å². The summed E-state index contributed by atoms with van der Waals surface area (Å²) in [6.45, 7) is 2.16. The van der Waals surface area contributed by atoms with Crippen molar-refractivity contribution in [3.63, 3.8) is 0 Å². The van der Waals surface area contributed by atoms with Gasteiger partial charge in [0.15, 0.2) is 11.5 Å². The summed E-state index contributed by atoms with van der Waals surface area (Å²) in [6, 6.07) is 13.7. The Morgan fingerprint density at radius 2 is 1.92 bits per heavy atom. The molecule has 1 aliphatic heterocycles. The Labute approximate surface area is 145 Å². The summed E-state index contributed by atoms with van der Waals surface area (Å²) in [6.07, 6.45) is 0.662. The van der Waals surface area contributed by atoms with Crippen LogP contribution in [0.25, 0.3) is 11.0 Å². The lowest BCUT2D eigenvalue weighted by molar-refractivity contribution is 0.172. The van der Waals surface area contributed by atoms with E-state index in [1.54, 1.807) is 0 Å². The van der Waals surface area contributed by atoms with Crippen molar-refractivity contribution in [2.75, 3.05) is 19.8 Å². The Morgan fingerprint density at radius 3 is 2.68 bits per heavy atom. The Bertz CT molecular complexity index is 971. The van der Waals surface area contributed by atoms with Gasteiger partial charge in [-0.1, -0.05) is 18.2 Å². The van der Waals surface area contributed by atoms with Crippen molar-refractivity contribution in [1.82, 2.24) is 9.55 Å². The summed E-state index contributed by atoms with van der Waals surface area (Å²) in [4.78, 5) is 4.73. The van der Waals surface area contributed by atoms with Gasteiger partial charge in [-0.15, -0.1) is 0 Å². The minimum Gasteiger partial charge on any atom is -0.486 e. The number of nitrogens with two attached hydrogens (primary N) is 1.